The van der Waals surface area contributed by atoms with Gasteiger partial charge in [-0.3, -0.25) is 9.78 Å². The predicted molar refractivity (Wildman–Crippen MR) is 70.0 cm³/mol. The second kappa shape index (κ2) is 5.48. The van der Waals surface area contributed by atoms with Crippen LogP contribution in [0.5, 0.6) is 0 Å². The standard InChI is InChI=1S/C14H14N2O3/c1-3-19-14(18)12-8-11(13(16-12)9(2)17)10-4-6-15-7-5-10/h4-8,16H,3H2,1-2H3. The van der Waals surface area contributed by atoms with Gasteiger partial charge in [0, 0.05) is 24.9 Å². The molecular formula is C14H14N2O3. The Bertz CT molecular complexity index is 602. The Labute approximate surface area is 110 Å². The summed E-state index contributed by atoms with van der Waals surface area (Å²) in [4.78, 5) is 30.1. The van der Waals surface area contributed by atoms with Gasteiger partial charge in [-0.05, 0) is 30.7 Å². The van der Waals surface area contributed by atoms with Crippen molar-refractivity contribution in [1.29, 1.82) is 0 Å². The maximum Gasteiger partial charge on any atom is 0.354 e. The van der Waals surface area contributed by atoms with Crippen LogP contribution in [-0.4, -0.2) is 28.3 Å². The van der Waals surface area contributed by atoms with Crippen molar-refractivity contribution in [2.24, 2.45) is 0 Å². The van der Waals surface area contributed by atoms with Gasteiger partial charge in [-0.2, -0.15) is 0 Å². The molecule has 5 nitrogen and oxygen atoms in total. The van der Waals surface area contributed by atoms with Crippen LogP contribution in [0.15, 0.2) is 30.6 Å². The fourth-order valence-corrected chi connectivity index (χ4v) is 1.81. The third kappa shape index (κ3) is 2.70. The van der Waals surface area contributed by atoms with E-state index in [1.54, 1.807) is 37.5 Å². The summed E-state index contributed by atoms with van der Waals surface area (Å²) >= 11 is 0. The zero-order chi connectivity index (χ0) is 13.8. The first-order chi connectivity index (χ1) is 9.13. The molecule has 0 amide bonds. The Morgan fingerprint density at radius 1 is 1.32 bits per heavy atom. The van der Waals surface area contributed by atoms with Crippen LogP contribution in [0.1, 0.15) is 34.8 Å². The van der Waals surface area contributed by atoms with E-state index in [1.807, 2.05) is 0 Å². The lowest BCUT2D eigenvalue weighted by atomic mass is 10.1. The molecule has 0 aromatic carbocycles. The first-order valence-corrected chi connectivity index (χ1v) is 5.95. The smallest absolute Gasteiger partial charge is 0.354 e. The van der Waals surface area contributed by atoms with Crippen LogP contribution in [0.2, 0.25) is 0 Å². The molecule has 1 N–H and O–H groups in total. The van der Waals surface area contributed by atoms with Crippen LogP contribution in [0.25, 0.3) is 11.1 Å². The number of carbonyl (C=O) groups excluding carboxylic acids is 2. The van der Waals surface area contributed by atoms with E-state index in [9.17, 15) is 9.59 Å². The van der Waals surface area contributed by atoms with Crippen LogP contribution in [0, 0.1) is 0 Å². The molecule has 0 saturated heterocycles. The second-order valence-corrected chi connectivity index (χ2v) is 3.98. The highest BCUT2D eigenvalue weighted by Crippen LogP contribution is 2.25. The first kappa shape index (κ1) is 13.0. The Kier molecular flexibility index (Phi) is 3.75. The molecule has 19 heavy (non-hydrogen) atoms. The maximum atomic E-state index is 11.7. The minimum atomic E-state index is -0.467. The average molecular weight is 258 g/mol. The molecule has 0 atom stereocenters. The molecule has 0 aliphatic carbocycles. The van der Waals surface area contributed by atoms with Gasteiger partial charge in [0.05, 0.1) is 12.3 Å². The van der Waals surface area contributed by atoms with E-state index in [-0.39, 0.29) is 18.1 Å². The van der Waals surface area contributed by atoms with Crippen LogP contribution >= 0.6 is 0 Å². The van der Waals surface area contributed by atoms with Crippen molar-refractivity contribution in [3.05, 3.63) is 42.0 Å². The molecule has 0 radical (unpaired) electrons. The van der Waals surface area contributed by atoms with Crippen LogP contribution in [-0.2, 0) is 4.74 Å². The molecule has 0 fully saturated rings. The summed E-state index contributed by atoms with van der Waals surface area (Å²) in [5, 5.41) is 0. The van der Waals surface area contributed by atoms with Gasteiger partial charge in [0.1, 0.15) is 5.69 Å². The van der Waals surface area contributed by atoms with Crippen LogP contribution in [0.3, 0.4) is 0 Å². The van der Waals surface area contributed by atoms with Crippen LogP contribution < -0.4 is 0 Å². The molecule has 0 aliphatic heterocycles. The number of carbonyl (C=O) groups is 2. The number of hydrogen-bond acceptors (Lipinski definition) is 4. The summed E-state index contributed by atoms with van der Waals surface area (Å²) in [5.74, 6) is -0.604. The molecule has 98 valence electrons. The van der Waals surface area contributed by atoms with E-state index in [4.69, 9.17) is 4.74 Å². The number of hydrogen-bond donors (Lipinski definition) is 1. The van der Waals surface area contributed by atoms with Crippen molar-refractivity contribution in [3.63, 3.8) is 0 Å². The zero-order valence-corrected chi connectivity index (χ0v) is 10.8. The number of nitrogens with one attached hydrogen (secondary N) is 1. The molecule has 0 aliphatic rings. The summed E-state index contributed by atoms with van der Waals surface area (Å²) < 4.78 is 4.92. The highest BCUT2D eigenvalue weighted by atomic mass is 16.5. The highest BCUT2D eigenvalue weighted by Gasteiger charge is 2.18. The van der Waals surface area contributed by atoms with Gasteiger partial charge in [0.15, 0.2) is 5.78 Å². The van der Waals surface area contributed by atoms with Crippen molar-refractivity contribution in [1.82, 2.24) is 9.97 Å². The van der Waals surface area contributed by atoms with E-state index < -0.39 is 5.97 Å². The zero-order valence-electron chi connectivity index (χ0n) is 10.8. The Hall–Kier alpha value is -2.43. The fraction of sp³-hybridized carbons (Fsp3) is 0.214. The van der Waals surface area contributed by atoms with Gasteiger partial charge in [-0.1, -0.05) is 0 Å². The molecule has 5 heteroatoms. The lowest BCUT2D eigenvalue weighted by molar-refractivity contribution is 0.0520. The first-order valence-electron chi connectivity index (χ1n) is 5.95. The third-order valence-corrected chi connectivity index (χ3v) is 2.66. The van der Waals surface area contributed by atoms with Crippen molar-refractivity contribution < 1.29 is 14.3 Å². The largest absolute Gasteiger partial charge is 0.461 e. The third-order valence-electron chi connectivity index (χ3n) is 2.66. The number of ketones is 1. The number of H-pyrrole nitrogens is 1. The van der Waals surface area contributed by atoms with Crippen molar-refractivity contribution in [3.8, 4) is 11.1 Å². The lowest BCUT2D eigenvalue weighted by Gasteiger charge is -1.99. The Morgan fingerprint density at radius 3 is 2.58 bits per heavy atom. The quantitative estimate of drug-likeness (QED) is 0.675. The number of aromatic nitrogens is 2. The summed E-state index contributed by atoms with van der Waals surface area (Å²) in [6.07, 6.45) is 3.27. The maximum absolute atomic E-state index is 11.7. The average Bonchev–Trinajstić information content (AvgIpc) is 2.85. The molecule has 0 saturated carbocycles. The highest BCUT2D eigenvalue weighted by molar-refractivity contribution is 6.02. The molecular weight excluding hydrogens is 244 g/mol. The minimum absolute atomic E-state index is 0.137. The van der Waals surface area contributed by atoms with Gasteiger partial charge in [0.25, 0.3) is 0 Å². The molecule has 2 heterocycles. The number of nitrogens with zero attached hydrogens (tertiary/aromatic N) is 1. The normalized spacial score (nSPS) is 10.2. The van der Waals surface area contributed by atoms with Crippen molar-refractivity contribution >= 4 is 11.8 Å². The molecule has 2 rings (SSSR count). The number of esters is 1. The molecule has 2 aromatic rings. The number of aromatic amines is 1. The van der Waals surface area contributed by atoms with Gasteiger partial charge in [0.2, 0.25) is 0 Å². The van der Waals surface area contributed by atoms with Gasteiger partial charge < -0.3 is 9.72 Å². The molecule has 0 bridgehead atoms. The number of Topliss-reactive ketones (excluding diaryl/α,β-unsaturated/α-hetero) is 1. The van der Waals surface area contributed by atoms with E-state index >= 15 is 0 Å². The number of ether oxygens (including phenoxy) is 1. The summed E-state index contributed by atoms with van der Waals surface area (Å²) in [5.41, 5.74) is 2.18. The van der Waals surface area contributed by atoms with Crippen molar-refractivity contribution in [2.75, 3.05) is 6.61 Å². The van der Waals surface area contributed by atoms with E-state index in [0.717, 1.165) is 5.56 Å². The van der Waals surface area contributed by atoms with E-state index in [2.05, 4.69) is 9.97 Å². The predicted octanol–water partition coefficient (Wildman–Crippen LogP) is 2.46. The summed E-state index contributed by atoms with van der Waals surface area (Å²) in [6, 6.07) is 5.19. The lowest BCUT2D eigenvalue weighted by Crippen LogP contribution is -2.05. The Balaban J connectivity index is 2.48. The number of pyridine rings is 1. The second-order valence-electron chi connectivity index (χ2n) is 3.98. The van der Waals surface area contributed by atoms with Crippen molar-refractivity contribution in [2.45, 2.75) is 13.8 Å². The van der Waals surface area contributed by atoms with Gasteiger partial charge >= 0.3 is 5.97 Å². The monoisotopic (exact) mass is 258 g/mol. The van der Waals surface area contributed by atoms with E-state index in [0.29, 0.717) is 11.3 Å². The molecule has 2 aromatic heterocycles. The van der Waals surface area contributed by atoms with E-state index in [1.165, 1.54) is 6.92 Å². The summed E-state index contributed by atoms with van der Waals surface area (Å²) in [7, 11) is 0. The Morgan fingerprint density at radius 2 is 2.00 bits per heavy atom. The fourth-order valence-electron chi connectivity index (χ4n) is 1.81. The minimum Gasteiger partial charge on any atom is -0.461 e. The molecule has 0 unspecified atom stereocenters. The summed E-state index contributed by atoms with van der Waals surface area (Å²) in [6.45, 7) is 3.47. The SMILES string of the molecule is CCOC(=O)c1cc(-c2ccncc2)c(C(C)=O)[nH]1. The van der Waals surface area contributed by atoms with Gasteiger partial charge in [-0.15, -0.1) is 0 Å². The van der Waals surface area contributed by atoms with Crippen LogP contribution in [0.4, 0.5) is 0 Å². The molecule has 0 spiro atoms. The topological polar surface area (TPSA) is 72.0 Å². The number of rotatable bonds is 4. The van der Waals surface area contributed by atoms with Gasteiger partial charge in [-0.25, -0.2) is 4.79 Å².